The molecule has 10 aromatic rings. The summed E-state index contributed by atoms with van der Waals surface area (Å²) in [4.78, 5) is 22.1. The minimum absolute atomic E-state index is 0. The number of furan rings is 1. The van der Waals surface area contributed by atoms with Crippen molar-refractivity contribution >= 4 is 58.4 Å². The molecule has 0 bridgehead atoms. The number of benzene rings is 7. The van der Waals surface area contributed by atoms with Gasteiger partial charge in [-0.25, -0.2) is 0 Å². The van der Waals surface area contributed by atoms with E-state index in [9.17, 15) is 10.2 Å². The maximum atomic E-state index is 12.8. The van der Waals surface area contributed by atoms with Gasteiger partial charge in [0.25, 0.3) is 5.97 Å². The van der Waals surface area contributed by atoms with E-state index in [1.54, 1.807) is 12.1 Å². The van der Waals surface area contributed by atoms with Crippen molar-refractivity contribution in [3.8, 4) is 44.6 Å². The number of rotatable bonds is 11. The van der Waals surface area contributed by atoms with Crippen LogP contribution in [0.5, 0.6) is 0 Å². The van der Waals surface area contributed by atoms with E-state index in [-0.39, 0.29) is 48.8 Å². The van der Waals surface area contributed by atoms with E-state index in [2.05, 4.69) is 207 Å². The third-order valence-corrected chi connectivity index (χ3v) is 15.7. The van der Waals surface area contributed by atoms with Crippen molar-refractivity contribution in [3.05, 3.63) is 228 Å². The molecule has 0 aliphatic rings. The van der Waals surface area contributed by atoms with Crippen molar-refractivity contribution in [1.29, 1.82) is 0 Å². The molecule has 0 spiro atoms. The summed E-state index contributed by atoms with van der Waals surface area (Å²) < 4.78 is 6.72. The predicted octanol–water partition coefficient (Wildman–Crippen LogP) is 17.3. The molecule has 1 N–H and O–H groups in total. The molecule has 0 atom stereocenters. The van der Waals surface area contributed by atoms with E-state index in [0.29, 0.717) is 11.1 Å². The summed E-state index contributed by atoms with van der Waals surface area (Å²) in [5.74, 6) is -0.610. The molecule has 76 heavy (non-hydrogen) atoms. The Morgan fingerprint density at radius 2 is 1.24 bits per heavy atom. The van der Waals surface area contributed by atoms with Gasteiger partial charge >= 0.3 is 20.1 Å². The number of anilines is 2. The smallest absolute Gasteiger partial charge is 0.520 e. The van der Waals surface area contributed by atoms with Crippen LogP contribution in [0, 0.1) is 12.1 Å². The molecule has 0 radical (unpaired) electrons. The van der Waals surface area contributed by atoms with Gasteiger partial charge in [-0.3, -0.25) is 9.78 Å². The molecule has 3 heterocycles. The third-order valence-electron chi connectivity index (χ3n) is 13.7. The van der Waals surface area contributed by atoms with Crippen LogP contribution in [0.15, 0.2) is 187 Å². The van der Waals surface area contributed by atoms with Crippen LogP contribution in [-0.4, -0.2) is 35.0 Å². The summed E-state index contributed by atoms with van der Waals surface area (Å²) in [6.07, 6.45) is 3.80. The molecule has 10 rings (SSSR count). The van der Waals surface area contributed by atoms with Gasteiger partial charge in [0.05, 0.1) is 8.07 Å². The Balaban J connectivity index is 0.000000323. The number of aromatic nitrogens is 2. The Hall–Kier alpha value is -7.55. The number of aromatic carboxylic acids is 1. The van der Waals surface area contributed by atoms with Crippen LogP contribution >= 0.6 is 0 Å². The van der Waals surface area contributed by atoms with E-state index in [0.717, 1.165) is 78.1 Å². The quantitative estimate of drug-likeness (QED) is 0.0599. The van der Waals surface area contributed by atoms with Crippen LogP contribution in [0.25, 0.3) is 72.0 Å². The molecule has 0 saturated carbocycles. The summed E-state index contributed by atoms with van der Waals surface area (Å²) in [5.41, 5.74) is 15.3. The van der Waals surface area contributed by atoms with E-state index >= 15 is 0 Å². The van der Waals surface area contributed by atoms with Gasteiger partial charge in [0.15, 0.2) is 0 Å². The average Bonchev–Trinajstić information content (AvgIpc) is 3.79. The monoisotopic (exact) mass is 1190 g/mol. The van der Waals surface area contributed by atoms with Gasteiger partial charge in [-0.2, -0.15) is 0 Å². The first-order valence-corrected chi connectivity index (χ1v) is 29.2. The van der Waals surface area contributed by atoms with Crippen LogP contribution in [0.1, 0.15) is 93.0 Å². The fraction of sp³-hybridized carbons (Fsp3) is 0.194. The molecule has 0 aliphatic heterocycles. The number of nitrogens with zero attached hydrogens (tertiary/aromatic N) is 4. The largest absolute Gasteiger partial charge is 3.00 e. The Bertz CT molecular complexity index is 3610. The SMILES string of the molecule is CC(C)c1cc(-c2ccccc2)cc(C(C)C)c1N(C(=[N-])c1[c-]ccc2c1oc1cc(-c3ccc(-c4ccccc4)cc3)ccc12)c1ccc(C(C)(C)C)nc1.C[Si](C)(C)c1ccc(-c2[c-]cc(C(=O)O)cc2)nc1.[Ir+3]. The number of amidine groups is 1. The minimum atomic E-state index is -1.33. The molecule has 3 aromatic heterocycles. The molecule has 0 unspecified atom stereocenters. The number of carbonyl (C=O) groups is 1. The van der Waals surface area contributed by atoms with Gasteiger partial charge in [0.2, 0.25) is 0 Å². The second kappa shape index (κ2) is 22.7. The molecule has 7 aromatic carbocycles. The van der Waals surface area contributed by atoms with Crippen molar-refractivity contribution in [3.63, 3.8) is 0 Å². The fourth-order valence-electron chi connectivity index (χ4n) is 9.33. The summed E-state index contributed by atoms with van der Waals surface area (Å²) in [7, 11) is -1.33. The van der Waals surface area contributed by atoms with Crippen LogP contribution < -0.4 is 10.1 Å². The zero-order chi connectivity index (χ0) is 53.2. The topological polar surface area (TPSA) is 102 Å². The number of hydrogen-bond acceptors (Lipinski definition) is 4. The Labute approximate surface area is 462 Å². The first-order valence-electron chi connectivity index (χ1n) is 25.7. The molecular formula is C67H63IrN4O3Si. The van der Waals surface area contributed by atoms with Gasteiger partial charge in [-0.15, -0.1) is 59.4 Å². The first-order chi connectivity index (χ1) is 35.8. The third kappa shape index (κ3) is 11.8. The zero-order valence-corrected chi connectivity index (χ0v) is 48.3. The number of fused-ring (bicyclic) bond motifs is 3. The first kappa shape index (κ1) is 54.7. The van der Waals surface area contributed by atoms with Crippen LogP contribution in [0.4, 0.5) is 11.4 Å². The minimum Gasteiger partial charge on any atom is -0.520 e. The predicted molar refractivity (Wildman–Crippen MR) is 314 cm³/mol. The van der Waals surface area contributed by atoms with E-state index in [1.165, 1.54) is 22.4 Å². The van der Waals surface area contributed by atoms with Gasteiger partial charge in [-0.05, 0) is 96.3 Å². The average molecular weight is 1190 g/mol. The summed E-state index contributed by atoms with van der Waals surface area (Å²) in [6.45, 7) is 22.2. The normalized spacial score (nSPS) is 11.6. The molecule has 0 amide bonds. The number of carboxylic acid groups (broad SMARTS) is 1. The van der Waals surface area contributed by atoms with Crippen molar-refractivity contribution in [2.45, 2.75) is 85.4 Å². The van der Waals surface area contributed by atoms with Crippen molar-refractivity contribution in [1.82, 2.24) is 9.97 Å². The van der Waals surface area contributed by atoms with E-state index < -0.39 is 14.0 Å². The Morgan fingerprint density at radius 1 is 0.645 bits per heavy atom. The zero-order valence-electron chi connectivity index (χ0n) is 44.9. The Kier molecular flexibility index (Phi) is 16.4. The molecule has 0 saturated heterocycles. The molecule has 382 valence electrons. The maximum Gasteiger partial charge on any atom is 3.00 e. The fourth-order valence-corrected chi connectivity index (χ4v) is 10.4. The van der Waals surface area contributed by atoms with E-state index in [4.69, 9.17) is 14.5 Å². The summed E-state index contributed by atoms with van der Waals surface area (Å²) in [5, 5.41) is 24.9. The molecule has 0 fully saturated rings. The van der Waals surface area contributed by atoms with Gasteiger partial charge in [0, 0.05) is 34.5 Å². The molecule has 0 aliphatic carbocycles. The second-order valence-corrected chi connectivity index (χ2v) is 26.9. The van der Waals surface area contributed by atoms with Gasteiger partial charge in [-0.1, -0.05) is 201 Å². The second-order valence-electron chi connectivity index (χ2n) is 21.8. The standard InChI is InChI=1S/C52H47N3O.C15H16NO2Si.Ir/c1-33(2)45-29-40(36-17-12-9-13-18-36)30-46(34(3)4)49(45)55(41-26-28-48(54-32-41)52(5,6)7)51(53)44-20-14-19-43-42-27-25-39(31-47(42)56-50(43)44)38-23-21-37(22-24-38)35-15-10-8-11-16-35;1-19(2,3)13-8-9-14(16-10-13)11-4-6-12(7-5-11)15(17)18;/h8-19,21-34H,1-7H3;4,6-10H,1-3H3,(H,17,18);/q-2;-1;+3. The van der Waals surface area contributed by atoms with Gasteiger partial charge < -0.3 is 24.8 Å². The van der Waals surface area contributed by atoms with Crippen LogP contribution in [0.2, 0.25) is 19.6 Å². The summed E-state index contributed by atoms with van der Waals surface area (Å²) in [6, 6.07) is 63.7. The van der Waals surface area contributed by atoms with E-state index in [1.807, 2.05) is 47.6 Å². The molecule has 9 heteroatoms. The number of hydrogen-bond donors (Lipinski definition) is 1. The van der Waals surface area contributed by atoms with Gasteiger partial charge in [0.1, 0.15) is 5.58 Å². The number of pyridine rings is 2. The van der Waals surface area contributed by atoms with Crippen molar-refractivity contribution in [2.75, 3.05) is 4.90 Å². The molecule has 7 nitrogen and oxygen atoms in total. The number of carboxylic acids is 1. The van der Waals surface area contributed by atoms with Crippen molar-refractivity contribution < 1.29 is 34.4 Å². The van der Waals surface area contributed by atoms with Crippen LogP contribution in [-0.2, 0) is 25.5 Å². The van der Waals surface area contributed by atoms with Crippen molar-refractivity contribution in [2.24, 2.45) is 0 Å². The maximum absolute atomic E-state index is 12.8. The van der Waals surface area contributed by atoms with Crippen LogP contribution in [0.3, 0.4) is 0 Å². The molecular weight excluding hydrogens is 1130 g/mol. The Morgan fingerprint density at radius 3 is 1.75 bits per heavy atom. The summed E-state index contributed by atoms with van der Waals surface area (Å²) >= 11 is 0.